The highest BCUT2D eigenvalue weighted by atomic mass is 35.5. The summed E-state index contributed by atoms with van der Waals surface area (Å²) in [6, 6.07) is 6.96. The molecule has 0 saturated carbocycles. The number of nitrogens with one attached hydrogen (secondary N) is 1. The summed E-state index contributed by atoms with van der Waals surface area (Å²) in [6.07, 6.45) is 2.29. The number of H-pyrrole nitrogens is 1. The van der Waals surface area contributed by atoms with Gasteiger partial charge in [0.2, 0.25) is 5.89 Å². The SMILES string of the molecule is CC(C)c1nnc(C(=O)N2CCc3[nH]cnc3C2c2cc3cccc(Cl)n3n2)o1. The van der Waals surface area contributed by atoms with Crippen molar-refractivity contribution in [2.75, 3.05) is 6.54 Å². The van der Waals surface area contributed by atoms with E-state index in [9.17, 15) is 4.79 Å². The summed E-state index contributed by atoms with van der Waals surface area (Å²) >= 11 is 6.28. The van der Waals surface area contributed by atoms with Crippen LogP contribution in [0.1, 0.15) is 59.5 Å². The molecule has 5 heterocycles. The number of pyridine rings is 1. The molecular formula is C19H18ClN7O2. The molecule has 0 aliphatic carbocycles. The van der Waals surface area contributed by atoms with Gasteiger partial charge >= 0.3 is 11.8 Å². The third-order valence-corrected chi connectivity index (χ3v) is 5.33. The number of carbonyl (C=O) groups is 1. The van der Waals surface area contributed by atoms with Crippen LogP contribution >= 0.6 is 11.6 Å². The molecule has 0 bridgehead atoms. The number of imidazole rings is 1. The number of fused-ring (bicyclic) bond motifs is 2. The second-order valence-electron chi connectivity index (χ2n) is 7.27. The lowest BCUT2D eigenvalue weighted by Gasteiger charge is -2.32. The number of halogens is 1. The van der Waals surface area contributed by atoms with E-state index in [1.54, 1.807) is 21.8 Å². The van der Waals surface area contributed by atoms with Gasteiger partial charge < -0.3 is 14.3 Å². The zero-order chi connectivity index (χ0) is 20.1. The van der Waals surface area contributed by atoms with E-state index in [2.05, 4.69) is 25.3 Å². The molecule has 10 heteroatoms. The molecule has 0 aromatic carbocycles. The van der Waals surface area contributed by atoms with Crippen molar-refractivity contribution in [1.29, 1.82) is 0 Å². The standard InChI is InChI=1S/C19H18ClN7O2/c1-10(2)17-23-24-18(29-17)19(28)26-7-6-12-15(22-9-21-12)16(26)13-8-11-4-3-5-14(20)27(11)25-13/h3-5,8-10,16H,6-7H2,1-2H3,(H,21,22). The Morgan fingerprint density at radius 1 is 1.34 bits per heavy atom. The molecule has 0 radical (unpaired) electrons. The lowest BCUT2D eigenvalue weighted by molar-refractivity contribution is 0.0643. The van der Waals surface area contributed by atoms with Gasteiger partial charge in [-0.05, 0) is 18.2 Å². The molecule has 0 fully saturated rings. The van der Waals surface area contributed by atoms with Crippen molar-refractivity contribution in [2.45, 2.75) is 32.2 Å². The van der Waals surface area contributed by atoms with E-state index >= 15 is 0 Å². The summed E-state index contributed by atoms with van der Waals surface area (Å²) in [5.74, 6) is 0.104. The van der Waals surface area contributed by atoms with Gasteiger partial charge in [-0.1, -0.05) is 31.5 Å². The van der Waals surface area contributed by atoms with E-state index in [0.717, 1.165) is 16.9 Å². The first-order valence-electron chi connectivity index (χ1n) is 9.33. The number of aromatic nitrogens is 6. The minimum atomic E-state index is -0.483. The van der Waals surface area contributed by atoms with Crippen molar-refractivity contribution in [3.8, 4) is 0 Å². The molecule has 1 unspecified atom stereocenters. The summed E-state index contributed by atoms with van der Waals surface area (Å²) in [6.45, 7) is 4.34. The van der Waals surface area contributed by atoms with E-state index in [-0.39, 0.29) is 17.7 Å². The fourth-order valence-corrected chi connectivity index (χ4v) is 3.82. The predicted molar refractivity (Wildman–Crippen MR) is 104 cm³/mol. The fourth-order valence-electron chi connectivity index (χ4n) is 3.61. The molecule has 0 spiro atoms. The van der Waals surface area contributed by atoms with Gasteiger partial charge in [0, 0.05) is 24.6 Å². The lowest BCUT2D eigenvalue weighted by atomic mass is 9.99. The molecular weight excluding hydrogens is 394 g/mol. The summed E-state index contributed by atoms with van der Waals surface area (Å²) in [4.78, 5) is 22.6. The van der Waals surface area contributed by atoms with E-state index in [0.29, 0.717) is 29.7 Å². The molecule has 5 rings (SSSR count). The Hall–Kier alpha value is -3.20. The summed E-state index contributed by atoms with van der Waals surface area (Å²) in [5.41, 5.74) is 3.24. The van der Waals surface area contributed by atoms with Crippen molar-refractivity contribution >= 4 is 23.0 Å². The van der Waals surface area contributed by atoms with E-state index in [1.165, 1.54) is 0 Å². The first-order chi connectivity index (χ1) is 14.0. The second-order valence-corrected chi connectivity index (χ2v) is 7.66. The quantitative estimate of drug-likeness (QED) is 0.519. The van der Waals surface area contributed by atoms with Crippen LogP contribution < -0.4 is 0 Å². The van der Waals surface area contributed by atoms with Crippen molar-refractivity contribution in [3.63, 3.8) is 0 Å². The second kappa shape index (κ2) is 6.70. The monoisotopic (exact) mass is 411 g/mol. The Labute approximate surface area is 170 Å². The molecule has 1 N–H and O–H groups in total. The number of nitrogens with zero attached hydrogens (tertiary/aromatic N) is 6. The van der Waals surface area contributed by atoms with Gasteiger partial charge in [-0.25, -0.2) is 9.50 Å². The highest BCUT2D eigenvalue weighted by Gasteiger charge is 2.38. The number of hydrogen-bond donors (Lipinski definition) is 1. The van der Waals surface area contributed by atoms with Gasteiger partial charge in [-0.2, -0.15) is 5.10 Å². The van der Waals surface area contributed by atoms with Gasteiger partial charge in [0.1, 0.15) is 11.2 Å². The van der Waals surface area contributed by atoms with Crippen LogP contribution in [-0.4, -0.2) is 47.1 Å². The zero-order valence-electron chi connectivity index (χ0n) is 15.8. The highest BCUT2D eigenvalue weighted by Crippen LogP contribution is 2.34. The topological polar surface area (TPSA) is 105 Å². The molecule has 1 aliphatic rings. The fraction of sp³-hybridized carbons (Fsp3) is 0.316. The Morgan fingerprint density at radius 2 is 2.21 bits per heavy atom. The Balaban J connectivity index is 1.60. The van der Waals surface area contributed by atoms with Gasteiger partial charge in [0.15, 0.2) is 0 Å². The summed E-state index contributed by atoms with van der Waals surface area (Å²) in [5, 5.41) is 13.1. The van der Waals surface area contributed by atoms with Crippen LogP contribution in [0.5, 0.6) is 0 Å². The van der Waals surface area contributed by atoms with E-state index < -0.39 is 6.04 Å². The van der Waals surface area contributed by atoms with Crippen LogP contribution in [0, 0.1) is 0 Å². The molecule has 1 amide bonds. The summed E-state index contributed by atoms with van der Waals surface area (Å²) in [7, 11) is 0. The first kappa shape index (κ1) is 17.9. The maximum Gasteiger partial charge on any atom is 0.312 e. The van der Waals surface area contributed by atoms with Gasteiger partial charge in [0.05, 0.1) is 23.2 Å². The van der Waals surface area contributed by atoms with Crippen LogP contribution in [0.2, 0.25) is 5.15 Å². The van der Waals surface area contributed by atoms with Crippen LogP contribution in [0.4, 0.5) is 0 Å². The molecule has 4 aromatic rings. The van der Waals surface area contributed by atoms with Crippen LogP contribution in [0.15, 0.2) is 35.0 Å². The van der Waals surface area contributed by atoms with E-state index in [1.807, 2.05) is 32.0 Å². The normalized spacial score (nSPS) is 16.6. The number of carbonyl (C=O) groups excluding carboxylic acids is 1. The molecule has 29 heavy (non-hydrogen) atoms. The molecule has 1 atom stereocenters. The molecule has 4 aromatic heterocycles. The van der Waals surface area contributed by atoms with Crippen LogP contribution in [0.3, 0.4) is 0 Å². The highest BCUT2D eigenvalue weighted by molar-refractivity contribution is 6.29. The van der Waals surface area contributed by atoms with Crippen LogP contribution in [-0.2, 0) is 6.42 Å². The van der Waals surface area contributed by atoms with Crippen molar-refractivity contribution < 1.29 is 9.21 Å². The minimum absolute atomic E-state index is 0.0283. The number of amides is 1. The van der Waals surface area contributed by atoms with Crippen molar-refractivity contribution in [2.24, 2.45) is 0 Å². The number of hydrogen-bond acceptors (Lipinski definition) is 6. The number of rotatable bonds is 3. The molecule has 148 valence electrons. The number of aromatic amines is 1. The average Bonchev–Trinajstić information content (AvgIpc) is 3.44. The lowest BCUT2D eigenvalue weighted by Crippen LogP contribution is -2.41. The maximum absolute atomic E-state index is 13.3. The van der Waals surface area contributed by atoms with Gasteiger partial charge in [-0.15, -0.1) is 10.2 Å². The zero-order valence-corrected chi connectivity index (χ0v) is 16.6. The van der Waals surface area contributed by atoms with Crippen molar-refractivity contribution in [3.05, 3.63) is 64.6 Å². The molecule has 1 aliphatic heterocycles. The van der Waals surface area contributed by atoms with Gasteiger partial charge in [0.25, 0.3) is 0 Å². The Kier molecular flexibility index (Phi) is 4.13. The van der Waals surface area contributed by atoms with E-state index in [4.69, 9.17) is 16.0 Å². The first-order valence-corrected chi connectivity index (χ1v) is 9.71. The smallest absolute Gasteiger partial charge is 0.312 e. The third-order valence-electron chi connectivity index (χ3n) is 5.04. The largest absolute Gasteiger partial charge is 0.417 e. The maximum atomic E-state index is 13.3. The predicted octanol–water partition coefficient (Wildman–Crippen LogP) is 3.01. The van der Waals surface area contributed by atoms with Crippen LogP contribution in [0.25, 0.3) is 5.52 Å². The minimum Gasteiger partial charge on any atom is -0.417 e. The van der Waals surface area contributed by atoms with Crippen molar-refractivity contribution in [1.82, 2.24) is 34.7 Å². The van der Waals surface area contributed by atoms with Gasteiger partial charge in [-0.3, -0.25) is 4.79 Å². The molecule has 9 nitrogen and oxygen atoms in total. The molecule has 0 saturated heterocycles. The Bertz CT molecular complexity index is 1210. The third kappa shape index (κ3) is 2.89. The Morgan fingerprint density at radius 3 is 2.97 bits per heavy atom. The summed E-state index contributed by atoms with van der Waals surface area (Å²) < 4.78 is 7.25. The average molecular weight is 412 g/mol.